The van der Waals surface area contributed by atoms with Crippen molar-refractivity contribution in [1.82, 2.24) is 0 Å². The van der Waals surface area contributed by atoms with Gasteiger partial charge in [-0.05, 0) is 49.8 Å². The van der Waals surface area contributed by atoms with Crippen LogP contribution in [0.2, 0.25) is 0 Å². The van der Waals surface area contributed by atoms with Gasteiger partial charge in [0.25, 0.3) is 0 Å². The third-order valence-electron chi connectivity index (χ3n) is 4.78. The zero-order valence-corrected chi connectivity index (χ0v) is 15.3. The van der Waals surface area contributed by atoms with Crippen LogP contribution in [0, 0.1) is 0 Å². The summed E-state index contributed by atoms with van der Waals surface area (Å²) in [6.07, 6.45) is 17.2. The molecule has 3 unspecified atom stereocenters. The maximum atomic E-state index is 5.75. The van der Waals surface area contributed by atoms with E-state index in [1.807, 2.05) is 0 Å². The van der Waals surface area contributed by atoms with E-state index in [1.165, 1.54) is 11.1 Å². The molecule has 4 rings (SSSR count). The van der Waals surface area contributed by atoms with Gasteiger partial charge < -0.3 is 9.47 Å². The van der Waals surface area contributed by atoms with Crippen LogP contribution in [0.3, 0.4) is 0 Å². The van der Waals surface area contributed by atoms with Crippen LogP contribution >= 0.6 is 9.24 Å². The molecule has 0 aromatic carbocycles. The van der Waals surface area contributed by atoms with Crippen LogP contribution in [0.5, 0.6) is 0 Å². The standard InChI is InChI=1S/C20H24NO2P/c1-20(24)7-3-4-14-10-17(11-15(14)13-20)21-16-5-2-6-18-19(12-16)23-9-8-22-18/h3-4,6-7,12-13,17H,2,5,8-11,24H2,1H3. The molecule has 2 fully saturated rings. The molecule has 4 heteroatoms. The molecule has 24 heavy (non-hydrogen) atoms. The van der Waals surface area contributed by atoms with E-state index in [0.29, 0.717) is 19.3 Å². The fraction of sp³-hybridized carbons (Fsp3) is 0.450. The first-order valence-electron chi connectivity index (χ1n) is 8.73. The zero-order valence-electron chi connectivity index (χ0n) is 14.1. The van der Waals surface area contributed by atoms with Gasteiger partial charge in [-0.2, -0.15) is 0 Å². The molecule has 1 aliphatic heterocycles. The van der Waals surface area contributed by atoms with Gasteiger partial charge in [-0.15, -0.1) is 9.24 Å². The molecular weight excluding hydrogens is 317 g/mol. The molecule has 0 spiro atoms. The van der Waals surface area contributed by atoms with E-state index in [0.717, 1.165) is 42.9 Å². The van der Waals surface area contributed by atoms with E-state index < -0.39 is 0 Å². The normalized spacial score (nSPS) is 33.8. The van der Waals surface area contributed by atoms with E-state index in [1.54, 1.807) is 0 Å². The van der Waals surface area contributed by atoms with Crippen LogP contribution in [0.1, 0.15) is 32.6 Å². The largest absolute Gasteiger partial charge is 0.486 e. The van der Waals surface area contributed by atoms with Gasteiger partial charge in [-0.25, -0.2) is 0 Å². The third-order valence-corrected chi connectivity index (χ3v) is 5.14. The lowest BCUT2D eigenvalue weighted by Crippen LogP contribution is -2.14. The highest BCUT2D eigenvalue weighted by atomic mass is 31.0. The topological polar surface area (TPSA) is 30.8 Å². The molecule has 3 nitrogen and oxygen atoms in total. The summed E-state index contributed by atoms with van der Waals surface area (Å²) >= 11 is 0. The van der Waals surface area contributed by atoms with Crippen molar-refractivity contribution in [2.24, 2.45) is 4.99 Å². The van der Waals surface area contributed by atoms with Gasteiger partial charge in [0.05, 0.1) is 6.04 Å². The minimum atomic E-state index is 0.0476. The van der Waals surface area contributed by atoms with E-state index in [9.17, 15) is 0 Å². The minimum absolute atomic E-state index is 0.0476. The predicted octanol–water partition coefficient (Wildman–Crippen LogP) is 4.25. The van der Waals surface area contributed by atoms with Crippen LogP contribution in [0.4, 0.5) is 0 Å². The maximum Gasteiger partial charge on any atom is 0.162 e. The molecule has 3 atom stereocenters. The number of aliphatic imine (C=N–C) groups is 1. The van der Waals surface area contributed by atoms with Crippen LogP contribution in [0.15, 0.2) is 64.1 Å². The van der Waals surface area contributed by atoms with E-state index in [2.05, 4.69) is 52.6 Å². The Balaban J connectivity index is 1.55. The number of nitrogens with zero attached hydrogens (tertiary/aromatic N) is 1. The van der Waals surface area contributed by atoms with Crippen molar-refractivity contribution in [2.75, 3.05) is 13.2 Å². The van der Waals surface area contributed by atoms with Gasteiger partial charge in [0, 0.05) is 16.9 Å². The summed E-state index contributed by atoms with van der Waals surface area (Å²) in [5.74, 6) is 1.74. The lowest BCUT2D eigenvalue weighted by Gasteiger charge is -2.19. The second-order valence-electron chi connectivity index (χ2n) is 7.08. The highest BCUT2D eigenvalue weighted by molar-refractivity contribution is 7.19. The molecule has 0 radical (unpaired) electrons. The zero-order chi connectivity index (χ0) is 16.6. The number of hydrogen-bond acceptors (Lipinski definition) is 3. The lowest BCUT2D eigenvalue weighted by atomic mass is 10.1. The Bertz CT molecular complexity index is 722. The van der Waals surface area contributed by atoms with Crippen molar-refractivity contribution < 1.29 is 9.47 Å². The first kappa shape index (κ1) is 15.9. The molecule has 0 bridgehead atoms. The summed E-state index contributed by atoms with van der Waals surface area (Å²) < 4.78 is 11.4. The van der Waals surface area contributed by atoms with Gasteiger partial charge in [0.1, 0.15) is 13.2 Å². The summed E-state index contributed by atoms with van der Waals surface area (Å²) in [4.78, 5) is 5.05. The molecule has 0 aromatic heterocycles. The molecule has 0 aromatic rings. The van der Waals surface area contributed by atoms with E-state index in [-0.39, 0.29) is 5.16 Å². The van der Waals surface area contributed by atoms with E-state index >= 15 is 0 Å². The Morgan fingerprint density at radius 3 is 2.83 bits per heavy atom. The molecule has 1 saturated heterocycles. The number of allylic oxidation sites excluding steroid dienone is 6. The average Bonchev–Trinajstić information content (AvgIpc) is 2.70. The van der Waals surface area contributed by atoms with Crippen LogP contribution < -0.4 is 0 Å². The van der Waals surface area contributed by atoms with Gasteiger partial charge in [-0.1, -0.05) is 24.3 Å². The average molecular weight is 341 g/mol. The summed E-state index contributed by atoms with van der Waals surface area (Å²) in [6.45, 7) is 3.49. The van der Waals surface area contributed by atoms with Crippen molar-refractivity contribution >= 4 is 15.0 Å². The molecule has 4 aliphatic rings. The molecule has 0 amide bonds. The Kier molecular flexibility index (Phi) is 4.22. The first-order valence-corrected chi connectivity index (χ1v) is 9.31. The summed E-state index contributed by atoms with van der Waals surface area (Å²) in [7, 11) is 2.93. The fourth-order valence-corrected chi connectivity index (χ4v) is 4.00. The monoisotopic (exact) mass is 341 g/mol. The third kappa shape index (κ3) is 3.42. The van der Waals surface area contributed by atoms with Crippen LogP contribution in [-0.2, 0) is 9.47 Å². The lowest BCUT2D eigenvalue weighted by molar-refractivity contribution is 0.0596. The molecule has 1 saturated carbocycles. The second-order valence-corrected chi connectivity index (χ2v) is 8.33. The summed E-state index contributed by atoms with van der Waals surface area (Å²) in [5, 5.41) is 0.0476. The van der Waals surface area contributed by atoms with Crippen molar-refractivity contribution in [3.8, 4) is 0 Å². The SMILES string of the molecule is CC1(P)C=CC=C2CC(N=C3C=C4OCCOC4=CCC3)CC2=C1. The Morgan fingerprint density at radius 2 is 1.96 bits per heavy atom. The Hall–Kier alpha value is -1.60. The minimum Gasteiger partial charge on any atom is -0.486 e. The Labute approximate surface area is 146 Å². The molecule has 1 heterocycles. The maximum absolute atomic E-state index is 5.75. The number of ether oxygens (including phenoxy) is 2. The number of rotatable bonds is 1. The summed E-state index contributed by atoms with van der Waals surface area (Å²) in [6, 6.07) is 0.340. The predicted molar refractivity (Wildman–Crippen MR) is 101 cm³/mol. The smallest absolute Gasteiger partial charge is 0.162 e. The molecule has 126 valence electrons. The van der Waals surface area contributed by atoms with Gasteiger partial charge in [-0.3, -0.25) is 4.99 Å². The highest BCUT2D eigenvalue weighted by Crippen LogP contribution is 2.38. The van der Waals surface area contributed by atoms with Gasteiger partial charge in [0.15, 0.2) is 11.5 Å². The highest BCUT2D eigenvalue weighted by Gasteiger charge is 2.27. The Morgan fingerprint density at radius 1 is 1.17 bits per heavy atom. The van der Waals surface area contributed by atoms with Crippen molar-refractivity contribution in [3.63, 3.8) is 0 Å². The van der Waals surface area contributed by atoms with Crippen molar-refractivity contribution in [3.05, 3.63) is 59.1 Å². The van der Waals surface area contributed by atoms with Gasteiger partial charge in [0.2, 0.25) is 0 Å². The molecule has 0 N–H and O–H groups in total. The molecular formula is C20H24NO2P. The van der Waals surface area contributed by atoms with Crippen LogP contribution in [-0.4, -0.2) is 30.1 Å². The quantitative estimate of drug-likeness (QED) is 0.668. The fourth-order valence-electron chi connectivity index (χ4n) is 3.68. The van der Waals surface area contributed by atoms with Gasteiger partial charge >= 0.3 is 0 Å². The number of hydrogen-bond donors (Lipinski definition) is 0. The van der Waals surface area contributed by atoms with Crippen molar-refractivity contribution in [2.45, 2.75) is 43.8 Å². The van der Waals surface area contributed by atoms with E-state index in [4.69, 9.17) is 14.5 Å². The van der Waals surface area contributed by atoms with Crippen LogP contribution in [0.25, 0.3) is 0 Å². The summed E-state index contributed by atoms with van der Waals surface area (Å²) in [5.41, 5.74) is 4.02. The van der Waals surface area contributed by atoms with Crippen molar-refractivity contribution in [1.29, 1.82) is 0 Å². The first-order chi connectivity index (χ1) is 11.6. The second kappa shape index (κ2) is 6.37. The molecule has 3 aliphatic carbocycles. The number of fused-ring (bicyclic) bond motifs is 2.